The summed E-state index contributed by atoms with van der Waals surface area (Å²) in [7, 11) is 0. The van der Waals surface area contributed by atoms with Gasteiger partial charge in [-0.3, -0.25) is 0 Å². The number of hydrogen-bond donors (Lipinski definition) is 0. The van der Waals surface area contributed by atoms with Gasteiger partial charge < -0.3 is 4.74 Å². The Balaban J connectivity index is 1.54. The summed E-state index contributed by atoms with van der Waals surface area (Å²) in [4.78, 5) is 0. The van der Waals surface area contributed by atoms with Crippen molar-refractivity contribution in [1.82, 2.24) is 0 Å². The lowest BCUT2D eigenvalue weighted by atomic mass is 10.1. The lowest BCUT2D eigenvalue weighted by Gasteiger charge is -2.02. The van der Waals surface area contributed by atoms with Crippen LogP contribution in [-0.4, -0.2) is 18.5 Å². The Morgan fingerprint density at radius 2 is 1.35 bits per heavy atom. The van der Waals surface area contributed by atoms with Crippen molar-refractivity contribution in [3.8, 4) is 16.9 Å². The Morgan fingerprint density at radius 3 is 1.92 bits per heavy atom. The molecule has 128 valence electrons. The quantitative estimate of drug-likeness (QED) is 0.366. The normalized spacial score (nSPS) is 12.1. The van der Waals surface area contributed by atoms with E-state index in [-0.39, 0.29) is 0 Å². The fraction of sp³-hybridized carbons (Fsp3) is 0.130. The first-order valence-corrected chi connectivity index (χ1v) is 8.87. The molecule has 0 amide bonds. The van der Waals surface area contributed by atoms with E-state index in [0.717, 1.165) is 29.0 Å². The third-order valence-electron chi connectivity index (χ3n) is 4.46. The van der Waals surface area contributed by atoms with Crippen LogP contribution in [0.3, 0.4) is 0 Å². The molecule has 1 aliphatic carbocycles. The van der Waals surface area contributed by atoms with E-state index in [0.29, 0.717) is 6.61 Å². The minimum absolute atomic E-state index is 0.682. The molecule has 0 saturated carbocycles. The lowest BCUT2D eigenvalue weighted by molar-refractivity contribution is 0.340. The average molecular weight is 340 g/mol. The highest BCUT2D eigenvalue weighted by Crippen LogP contribution is 2.36. The van der Waals surface area contributed by atoms with Crippen molar-refractivity contribution in [3.63, 3.8) is 0 Å². The number of nitrogens with zero attached hydrogens (tertiary/aromatic N) is 2. The second kappa shape index (κ2) is 7.36. The summed E-state index contributed by atoms with van der Waals surface area (Å²) >= 11 is 0. The molecule has 0 aromatic heterocycles. The Kier molecular flexibility index (Phi) is 4.61. The van der Waals surface area contributed by atoms with Crippen LogP contribution in [0, 0.1) is 0 Å². The Morgan fingerprint density at radius 1 is 0.769 bits per heavy atom. The number of ether oxygens (including phenoxy) is 1. The average Bonchev–Trinajstić information content (AvgIpc) is 3.01. The van der Waals surface area contributed by atoms with Crippen LogP contribution in [0.1, 0.15) is 23.6 Å². The predicted octanol–water partition coefficient (Wildman–Crippen LogP) is 5.13. The van der Waals surface area contributed by atoms with Gasteiger partial charge in [-0.1, -0.05) is 60.7 Å². The third-order valence-corrected chi connectivity index (χ3v) is 4.46. The van der Waals surface area contributed by atoms with Gasteiger partial charge in [0.1, 0.15) is 11.5 Å². The van der Waals surface area contributed by atoms with E-state index in [2.05, 4.69) is 58.7 Å². The van der Waals surface area contributed by atoms with Crippen LogP contribution in [0.15, 0.2) is 83.0 Å². The first kappa shape index (κ1) is 16.3. The number of fused-ring (bicyclic) bond motifs is 3. The molecule has 0 N–H and O–H groups in total. The maximum Gasteiger partial charge on any atom is 0.119 e. The highest BCUT2D eigenvalue weighted by Gasteiger charge is 2.23. The first-order valence-electron chi connectivity index (χ1n) is 8.87. The molecule has 0 fully saturated rings. The molecule has 3 heteroatoms. The van der Waals surface area contributed by atoms with Gasteiger partial charge in [0.2, 0.25) is 0 Å². The molecule has 3 aromatic carbocycles. The summed E-state index contributed by atoms with van der Waals surface area (Å²) in [5.41, 5.74) is 6.87. The zero-order valence-electron chi connectivity index (χ0n) is 14.7. The van der Waals surface area contributed by atoms with Crippen LogP contribution < -0.4 is 4.74 Å². The van der Waals surface area contributed by atoms with Crippen molar-refractivity contribution in [2.75, 3.05) is 6.61 Å². The molecular weight excluding hydrogens is 320 g/mol. The van der Waals surface area contributed by atoms with Crippen molar-refractivity contribution in [1.29, 1.82) is 0 Å². The topological polar surface area (TPSA) is 34.0 Å². The van der Waals surface area contributed by atoms with Gasteiger partial charge in [0, 0.05) is 23.8 Å². The molecule has 0 unspecified atom stereocenters. The second-order valence-electron chi connectivity index (χ2n) is 6.12. The third kappa shape index (κ3) is 3.16. The maximum absolute atomic E-state index is 5.47. The molecule has 4 rings (SSSR count). The van der Waals surface area contributed by atoms with E-state index >= 15 is 0 Å². The first-order chi connectivity index (χ1) is 12.9. The zero-order valence-corrected chi connectivity index (χ0v) is 14.7. The Hall–Kier alpha value is -3.20. The molecule has 0 heterocycles. The van der Waals surface area contributed by atoms with E-state index in [1.165, 1.54) is 16.7 Å². The van der Waals surface area contributed by atoms with E-state index in [1.54, 1.807) is 0 Å². The highest BCUT2D eigenvalue weighted by molar-refractivity contribution is 6.24. The van der Waals surface area contributed by atoms with E-state index < -0.39 is 0 Å². The summed E-state index contributed by atoms with van der Waals surface area (Å²) in [6, 6.07) is 24.8. The van der Waals surface area contributed by atoms with E-state index in [1.807, 2.05) is 37.4 Å². The maximum atomic E-state index is 5.47. The minimum atomic E-state index is 0.682. The minimum Gasteiger partial charge on any atom is -0.494 e. The van der Waals surface area contributed by atoms with Gasteiger partial charge in [-0.25, -0.2) is 0 Å². The molecule has 0 saturated heterocycles. The molecule has 3 aromatic rings. The van der Waals surface area contributed by atoms with E-state index in [4.69, 9.17) is 4.74 Å². The van der Waals surface area contributed by atoms with Crippen LogP contribution in [0.25, 0.3) is 11.1 Å². The second-order valence-corrected chi connectivity index (χ2v) is 6.12. The van der Waals surface area contributed by atoms with Crippen molar-refractivity contribution in [2.24, 2.45) is 10.2 Å². The van der Waals surface area contributed by atoms with Crippen LogP contribution >= 0.6 is 0 Å². The summed E-state index contributed by atoms with van der Waals surface area (Å²) in [5, 5.41) is 8.87. The van der Waals surface area contributed by atoms with Crippen molar-refractivity contribution < 1.29 is 4.74 Å². The van der Waals surface area contributed by atoms with Crippen molar-refractivity contribution in [3.05, 3.63) is 89.5 Å². The number of hydrogen-bond acceptors (Lipinski definition) is 3. The summed E-state index contributed by atoms with van der Waals surface area (Å²) < 4.78 is 5.47. The Labute approximate surface area is 153 Å². The molecule has 0 radical (unpaired) electrons. The lowest BCUT2D eigenvalue weighted by Crippen LogP contribution is -1.97. The summed E-state index contributed by atoms with van der Waals surface area (Å²) in [6.07, 6.45) is 2.60. The highest BCUT2D eigenvalue weighted by atomic mass is 16.5. The fourth-order valence-electron chi connectivity index (χ4n) is 3.24. The Bertz CT molecular complexity index is 924. The van der Waals surface area contributed by atoms with Crippen LogP contribution in [-0.2, 0) is 6.42 Å². The summed E-state index contributed by atoms with van der Waals surface area (Å²) in [5.74, 6) is 0.896. The molecule has 1 aliphatic rings. The van der Waals surface area contributed by atoms with Crippen LogP contribution in [0.5, 0.6) is 5.75 Å². The van der Waals surface area contributed by atoms with Gasteiger partial charge in [-0.2, -0.15) is 10.2 Å². The van der Waals surface area contributed by atoms with Gasteiger partial charge in [0.05, 0.1) is 6.61 Å². The molecule has 0 spiro atoms. The molecule has 0 bridgehead atoms. The van der Waals surface area contributed by atoms with E-state index in [9.17, 15) is 0 Å². The molecule has 0 aliphatic heterocycles. The van der Waals surface area contributed by atoms with Gasteiger partial charge >= 0.3 is 0 Å². The van der Waals surface area contributed by atoms with Gasteiger partial charge in [0.25, 0.3) is 0 Å². The summed E-state index contributed by atoms with van der Waals surface area (Å²) in [6.45, 7) is 2.67. The van der Waals surface area contributed by atoms with Gasteiger partial charge in [-0.05, 0) is 35.7 Å². The van der Waals surface area contributed by atoms with Gasteiger partial charge in [-0.15, -0.1) is 0 Å². The largest absolute Gasteiger partial charge is 0.494 e. The molecule has 3 nitrogen and oxygen atoms in total. The SMILES string of the molecule is CCOc1ccc(CC=NN=C2c3ccccc3-c3ccccc32)cc1. The van der Waals surface area contributed by atoms with Gasteiger partial charge in [0.15, 0.2) is 0 Å². The standard InChI is InChI=1S/C23H20N2O/c1-2-26-18-13-11-17(12-14-18)15-16-24-25-23-21-9-5-3-7-19(21)20-8-4-6-10-22(20)23/h3-14,16H,2,15H2,1H3. The molecular formula is C23H20N2O. The molecule has 0 atom stereocenters. The fourth-order valence-corrected chi connectivity index (χ4v) is 3.24. The van der Waals surface area contributed by atoms with Crippen molar-refractivity contribution in [2.45, 2.75) is 13.3 Å². The number of rotatable bonds is 5. The number of benzene rings is 3. The van der Waals surface area contributed by atoms with Crippen molar-refractivity contribution >= 4 is 11.9 Å². The van der Waals surface area contributed by atoms with Crippen LogP contribution in [0.2, 0.25) is 0 Å². The smallest absolute Gasteiger partial charge is 0.119 e. The van der Waals surface area contributed by atoms with Crippen LogP contribution in [0.4, 0.5) is 0 Å². The molecule has 26 heavy (non-hydrogen) atoms. The predicted molar refractivity (Wildman–Crippen MR) is 107 cm³/mol. The zero-order chi connectivity index (χ0) is 17.8. The monoisotopic (exact) mass is 340 g/mol.